The average Bonchev–Trinajstić information content (AvgIpc) is 2.88. The Morgan fingerprint density at radius 3 is 2.79 bits per heavy atom. The van der Waals surface area contributed by atoms with Gasteiger partial charge in [0.1, 0.15) is 0 Å². The largest absolute Gasteiger partial charge is 0.316 e. The second-order valence-corrected chi connectivity index (χ2v) is 5.73. The Hall–Kier alpha value is -0.0800. The predicted molar refractivity (Wildman–Crippen MR) is 60.4 cm³/mol. The van der Waals surface area contributed by atoms with E-state index in [2.05, 4.69) is 24.2 Å². The Morgan fingerprint density at radius 1 is 1.43 bits per heavy atom. The van der Waals surface area contributed by atoms with E-state index in [4.69, 9.17) is 0 Å². The van der Waals surface area contributed by atoms with Gasteiger partial charge in [0.25, 0.3) is 0 Å². The molecule has 1 atom stereocenters. The van der Waals surface area contributed by atoms with Gasteiger partial charge in [-0.05, 0) is 50.6 Å². The minimum Gasteiger partial charge on any atom is -0.316 e. The molecule has 1 saturated heterocycles. The van der Waals surface area contributed by atoms with Crippen LogP contribution in [0.25, 0.3) is 0 Å². The standard InChI is InChI=1S/C12H24N2/c1-12(6-3-7-13-9-12)10-14(2)8-11-4-5-11/h11,13H,3-10H2,1-2H3. The summed E-state index contributed by atoms with van der Waals surface area (Å²) < 4.78 is 0. The van der Waals surface area contributed by atoms with Gasteiger partial charge in [0.15, 0.2) is 0 Å². The first-order chi connectivity index (χ1) is 6.68. The smallest absolute Gasteiger partial charge is 0.00446 e. The maximum atomic E-state index is 3.52. The highest BCUT2D eigenvalue weighted by atomic mass is 15.1. The van der Waals surface area contributed by atoms with Gasteiger partial charge in [0.05, 0.1) is 0 Å². The lowest BCUT2D eigenvalue weighted by atomic mass is 9.82. The van der Waals surface area contributed by atoms with Crippen molar-refractivity contribution in [2.24, 2.45) is 11.3 Å². The van der Waals surface area contributed by atoms with Crippen LogP contribution in [0.5, 0.6) is 0 Å². The van der Waals surface area contributed by atoms with E-state index in [0.29, 0.717) is 5.41 Å². The molecule has 0 spiro atoms. The topological polar surface area (TPSA) is 15.3 Å². The van der Waals surface area contributed by atoms with Gasteiger partial charge in [0.2, 0.25) is 0 Å². The first kappa shape index (κ1) is 10.4. The van der Waals surface area contributed by atoms with Crippen molar-refractivity contribution in [3.63, 3.8) is 0 Å². The van der Waals surface area contributed by atoms with Crippen molar-refractivity contribution in [2.45, 2.75) is 32.6 Å². The molecule has 2 rings (SSSR count). The quantitative estimate of drug-likeness (QED) is 0.736. The lowest BCUT2D eigenvalue weighted by Crippen LogP contribution is -2.45. The Kier molecular flexibility index (Phi) is 3.13. The number of piperidine rings is 1. The molecule has 14 heavy (non-hydrogen) atoms. The summed E-state index contributed by atoms with van der Waals surface area (Å²) in [5.74, 6) is 1.03. The fourth-order valence-electron chi connectivity index (χ4n) is 2.71. The molecular formula is C12H24N2. The second-order valence-electron chi connectivity index (χ2n) is 5.73. The van der Waals surface area contributed by atoms with E-state index in [1.807, 2.05) is 0 Å². The van der Waals surface area contributed by atoms with Crippen LogP contribution in [0.1, 0.15) is 32.6 Å². The lowest BCUT2D eigenvalue weighted by molar-refractivity contribution is 0.149. The Balaban J connectivity index is 1.75. The number of nitrogens with zero attached hydrogens (tertiary/aromatic N) is 1. The third-order valence-electron chi connectivity index (χ3n) is 3.60. The summed E-state index contributed by atoms with van der Waals surface area (Å²) in [7, 11) is 2.29. The first-order valence-electron chi connectivity index (χ1n) is 6.07. The van der Waals surface area contributed by atoms with E-state index in [9.17, 15) is 0 Å². The van der Waals surface area contributed by atoms with Gasteiger partial charge >= 0.3 is 0 Å². The van der Waals surface area contributed by atoms with Crippen LogP contribution in [0.4, 0.5) is 0 Å². The molecule has 0 aromatic carbocycles. The van der Waals surface area contributed by atoms with Gasteiger partial charge in [0, 0.05) is 19.6 Å². The normalized spacial score (nSPS) is 33.6. The van der Waals surface area contributed by atoms with Crippen LogP contribution < -0.4 is 5.32 Å². The molecule has 0 aromatic rings. The van der Waals surface area contributed by atoms with E-state index in [0.717, 1.165) is 5.92 Å². The zero-order valence-electron chi connectivity index (χ0n) is 9.68. The molecule has 0 radical (unpaired) electrons. The SMILES string of the molecule is CN(CC1CC1)CC1(C)CCCNC1. The van der Waals surface area contributed by atoms with E-state index in [1.54, 1.807) is 0 Å². The second kappa shape index (κ2) is 4.19. The molecule has 2 heteroatoms. The summed E-state index contributed by atoms with van der Waals surface area (Å²) >= 11 is 0. The summed E-state index contributed by atoms with van der Waals surface area (Å²) in [5.41, 5.74) is 0.530. The number of hydrogen-bond acceptors (Lipinski definition) is 2. The summed E-state index contributed by atoms with van der Waals surface area (Å²) in [6.07, 6.45) is 5.70. The highest BCUT2D eigenvalue weighted by Gasteiger charge is 2.30. The molecule has 1 aliphatic heterocycles. The molecule has 2 nitrogen and oxygen atoms in total. The molecule has 1 N–H and O–H groups in total. The van der Waals surface area contributed by atoms with Gasteiger partial charge < -0.3 is 10.2 Å². The fourth-order valence-corrected chi connectivity index (χ4v) is 2.71. The zero-order chi connectivity index (χ0) is 10.0. The Morgan fingerprint density at radius 2 is 2.21 bits per heavy atom. The van der Waals surface area contributed by atoms with E-state index in [1.165, 1.54) is 51.9 Å². The highest BCUT2D eigenvalue weighted by molar-refractivity contribution is 4.85. The van der Waals surface area contributed by atoms with Crippen LogP contribution in [0.2, 0.25) is 0 Å². The number of nitrogens with one attached hydrogen (secondary N) is 1. The van der Waals surface area contributed by atoms with Crippen molar-refractivity contribution in [1.82, 2.24) is 10.2 Å². The molecule has 2 fully saturated rings. The molecule has 1 unspecified atom stereocenters. The first-order valence-corrected chi connectivity index (χ1v) is 6.07. The van der Waals surface area contributed by atoms with Gasteiger partial charge in [-0.25, -0.2) is 0 Å². The Bertz CT molecular complexity index is 181. The zero-order valence-corrected chi connectivity index (χ0v) is 9.68. The molecule has 82 valence electrons. The number of hydrogen-bond donors (Lipinski definition) is 1. The fraction of sp³-hybridized carbons (Fsp3) is 1.00. The molecule has 2 aliphatic rings. The molecule has 1 saturated carbocycles. The van der Waals surface area contributed by atoms with Gasteiger partial charge in [-0.1, -0.05) is 6.92 Å². The van der Waals surface area contributed by atoms with Crippen molar-refractivity contribution in [1.29, 1.82) is 0 Å². The minimum atomic E-state index is 0.530. The minimum absolute atomic E-state index is 0.530. The third-order valence-corrected chi connectivity index (χ3v) is 3.60. The van der Waals surface area contributed by atoms with Crippen LogP contribution in [0.15, 0.2) is 0 Å². The van der Waals surface area contributed by atoms with Crippen LogP contribution in [-0.4, -0.2) is 38.1 Å². The number of rotatable bonds is 4. The van der Waals surface area contributed by atoms with Crippen molar-refractivity contribution in [3.05, 3.63) is 0 Å². The summed E-state index contributed by atoms with van der Waals surface area (Å²) in [6.45, 7) is 7.47. The molecule has 1 aliphatic carbocycles. The average molecular weight is 196 g/mol. The van der Waals surface area contributed by atoms with Crippen molar-refractivity contribution >= 4 is 0 Å². The van der Waals surface area contributed by atoms with Gasteiger partial charge in [-0.2, -0.15) is 0 Å². The molecule has 0 amide bonds. The van der Waals surface area contributed by atoms with E-state index in [-0.39, 0.29) is 0 Å². The van der Waals surface area contributed by atoms with E-state index >= 15 is 0 Å². The molecule has 0 aromatic heterocycles. The monoisotopic (exact) mass is 196 g/mol. The molecular weight excluding hydrogens is 172 g/mol. The van der Waals surface area contributed by atoms with Crippen LogP contribution in [-0.2, 0) is 0 Å². The van der Waals surface area contributed by atoms with Crippen LogP contribution in [0, 0.1) is 11.3 Å². The highest BCUT2D eigenvalue weighted by Crippen LogP contribution is 2.31. The lowest BCUT2D eigenvalue weighted by Gasteiger charge is -2.37. The van der Waals surface area contributed by atoms with Crippen LogP contribution in [0.3, 0.4) is 0 Å². The maximum Gasteiger partial charge on any atom is 0.00446 e. The third kappa shape index (κ3) is 2.96. The van der Waals surface area contributed by atoms with E-state index < -0.39 is 0 Å². The van der Waals surface area contributed by atoms with Gasteiger partial charge in [-0.15, -0.1) is 0 Å². The van der Waals surface area contributed by atoms with Crippen molar-refractivity contribution in [3.8, 4) is 0 Å². The maximum absolute atomic E-state index is 3.52. The van der Waals surface area contributed by atoms with Gasteiger partial charge in [-0.3, -0.25) is 0 Å². The van der Waals surface area contributed by atoms with Crippen LogP contribution >= 0.6 is 0 Å². The van der Waals surface area contributed by atoms with Crippen molar-refractivity contribution < 1.29 is 0 Å². The Labute approximate surface area is 88.1 Å². The molecule has 1 heterocycles. The van der Waals surface area contributed by atoms with Crippen molar-refractivity contribution in [2.75, 3.05) is 33.2 Å². The summed E-state index contributed by atoms with van der Waals surface area (Å²) in [6, 6.07) is 0. The summed E-state index contributed by atoms with van der Waals surface area (Å²) in [5, 5.41) is 3.52. The summed E-state index contributed by atoms with van der Waals surface area (Å²) in [4.78, 5) is 2.55. The molecule has 0 bridgehead atoms. The predicted octanol–water partition coefficient (Wildman–Crippen LogP) is 1.72.